The van der Waals surface area contributed by atoms with Crippen molar-refractivity contribution in [3.63, 3.8) is 0 Å². The minimum absolute atomic E-state index is 0.123. The van der Waals surface area contributed by atoms with Gasteiger partial charge in [-0.05, 0) is 37.3 Å². The highest BCUT2D eigenvalue weighted by Crippen LogP contribution is 2.25. The van der Waals surface area contributed by atoms with Crippen molar-refractivity contribution in [1.82, 2.24) is 4.98 Å². The van der Waals surface area contributed by atoms with Crippen LogP contribution in [0.25, 0.3) is 0 Å². The molecule has 0 unspecified atom stereocenters. The number of nitrogens with one attached hydrogen (secondary N) is 2. The average molecular weight is 317 g/mol. The molecule has 2 aromatic heterocycles. The molecule has 5 nitrogen and oxygen atoms in total. The van der Waals surface area contributed by atoms with Crippen LogP contribution in [0.15, 0.2) is 35.3 Å². The zero-order valence-corrected chi connectivity index (χ0v) is 13.2. The molecule has 0 bridgehead atoms. The Labute approximate surface area is 133 Å². The first-order valence-electron chi connectivity index (χ1n) is 7.40. The third kappa shape index (κ3) is 3.45. The zero-order chi connectivity index (χ0) is 15.4. The number of pyridine rings is 1. The van der Waals surface area contributed by atoms with E-state index in [0.717, 1.165) is 25.1 Å². The largest absolute Gasteiger partial charge is 0.378 e. The van der Waals surface area contributed by atoms with Crippen molar-refractivity contribution in [3.05, 3.63) is 40.8 Å². The van der Waals surface area contributed by atoms with Crippen molar-refractivity contribution < 1.29 is 9.53 Å². The van der Waals surface area contributed by atoms with Crippen molar-refractivity contribution >= 4 is 28.6 Å². The van der Waals surface area contributed by atoms with Gasteiger partial charge in [0, 0.05) is 24.2 Å². The topological polar surface area (TPSA) is 63.2 Å². The molecule has 1 aliphatic rings. The standard InChI is InChI=1S/C16H19N3O2S/c1-11(15-3-2-7-21-15)18-13-4-6-17-9-14(13)19-16(20)12-5-8-22-10-12/h4-6,8-11,15H,2-3,7H2,1H3,(H,17,18)(H,19,20)/t11-,15+/m0/s1. The summed E-state index contributed by atoms with van der Waals surface area (Å²) < 4.78 is 5.70. The van der Waals surface area contributed by atoms with Crippen molar-refractivity contribution in [3.8, 4) is 0 Å². The summed E-state index contributed by atoms with van der Waals surface area (Å²) in [5, 5.41) is 10.0. The van der Waals surface area contributed by atoms with Crippen LogP contribution in [-0.4, -0.2) is 29.6 Å². The van der Waals surface area contributed by atoms with E-state index in [-0.39, 0.29) is 18.1 Å². The van der Waals surface area contributed by atoms with Crippen molar-refractivity contribution in [2.75, 3.05) is 17.2 Å². The molecule has 0 aromatic carbocycles. The number of nitrogens with zero attached hydrogens (tertiary/aromatic N) is 1. The molecule has 22 heavy (non-hydrogen) atoms. The highest BCUT2D eigenvalue weighted by atomic mass is 32.1. The normalized spacial score (nSPS) is 18.9. The van der Waals surface area contributed by atoms with Crippen LogP contribution in [-0.2, 0) is 4.74 Å². The van der Waals surface area contributed by atoms with Gasteiger partial charge in [0.1, 0.15) is 0 Å². The summed E-state index contributed by atoms with van der Waals surface area (Å²) in [7, 11) is 0. The van der Waals surface area contributed by atoms with Crippen LogP contribution in [0, 0.1) is 0 Å². The first kappa shape index (κ1) is 15.0. The molecule has 3 rings (SSSR count). The van der Waals surface area contributed by atoms with E-state index in [1.54, 1.807) is 18.5 Å². The van der Waals surface area contributed by atoms with Gasteiger partial charge in [0.2, 0.25) is 0 Å². The third-order valence-corrected chi connectivity index (χ3v) is 4.44. The van der Waals surface area contributed by atoms with Crippen LogP contribution >= 0.6 is 11.3 Å². The molecule has 0 saturated carbocycles. The summed E-state index contributed by atoms with van der Waals surface area (Å²) in [4.78, 5) is 16.3. The first-order valence-corrected chi connectivity index (χ1v) is 8.34. The molecule has 1 amide bonds. The van der Waals surface area contributed by atoms with E-state index in [9.17, 15) is 4.79 Å². The quantitative estimate of drug-likeness (QED) is 0.887. The molecule has 0 radical (unpaired) electrons. The van der Waals surface area contributed by atoms with Crippen LogP contribution in [0.4, 0.5) is 11.4 Å². The predicted octanol–water partition coefficient (Wildman–Crippen LogP) is 3.37. The van der Waals surface area contributed by atoms with Crippen LogP contribution in [0.5, 0.6) is 0 Å². The molecule has 2 atom stereocenters. The van der Waals surface area contributed by atoms with Crippen LogP contribution in [0.2, 0.25) is 0 Å². The number of carbonyl (C=O) groups is 1. The number of aromatic nitrogens is 1. The summed E-state index contributed by atoms with van der Waals surface area (Å²) in [5.41, 5.74) is 2.21. The van der Waals surface area contributed by atoms with Gasteiger partial charge in [-0.15, -0.1) is 0 Å². The number of hydrogen-bond acceptors (Lipinski definition) is 5. The fourth-order valence-corrected chi connectivity index (χ4v) is 3.18. The van der Waals surface area contributed by atoms with Gasteiger partial charge in [-0.2, -0.15) is 11.3 Å². The first-order chi connectivity index (χ1) is 10.7. The van der Waals surface area contributed by atoms with E-state index in [0.29, 0.717) is 11.3 Å². The fraction of sp³-hybridized carbons (Fsp3) is 0.375. The number of thiophene rings is 1. The Hall–Kier alpha value is -1.92. The van der Waals surface area contributed by atoms with Crippen molar-refractivity contribution in [2.24, 2.45) is 0 Å². The van der Waals surface area contributed by atoms with E-state index in [2.05, 4.69) is 22.5 Å². The number of anilines is 2. The Bertz CT molecular complexity index is 624. The van der Waals surface area contributed by atoms with E-state index < -0.39 is 0 Å². The highest BCUT2D eigenvalue weighted by Gasteiger charge is 2.23. The minimum atomic E-state index is -0.123. The molecular weight excluding hydrogens is 298 g/mol. The number of hydrogen-bond donors (Lipinski definition) is 2. The molecule has 1 aliphatic heterocycles. The minimum Gasteiger partial charge on any atom is -0.378 e. The molecule has 6 heteroatoms. The van der Waals surface area contributed by atoms with Crippen molar-refractivity contribution in [1.29, 1.82) is 0 Å². The number of rotatable bonds is 5. The maximum atomic E-state index is 12.2. The van der Waals surface area contributed by atoms with Gasteiger partial charge in [0.05, 0.1) is 29.2 Å². The maximum Gasteiger partial charge on any atom is 0.256 e. The molecule has 3 heterocycles. The lowest BCUT2D eigenvalue weighted by atomic mass is 10.1. The lowest BCUT2D eigenvalue weighted by Gasteiger charge is -2.22. The van der Waals surface area contributed by atoms with E-state index in [1.165, 1.54) is 11.3 Å². The van der Waals surface area contributed by atoms with E-state index in [1.807, 2.05) is 16.8 Å². The molecule has 2 aromatic rings. The Balaban J connectivity index is 1.70. The summed E-state index contributed by atoms with van der Waals surface area (Å²) in [6, 6.07) is 3.86. The number of amides is 1. The molecule has 0 aliphatic carbocycles. The Kier molecular flexibility index (Phi) is 4.70. The Morgan fingerprint density at radius 1 is 1.45 bits per heavy atom. The van der Waals surface area contributed by atoms with Crippen LogP contribution in [0.3, 0.4) is 0 Å². The van der Waals surface area contributed by atoms with Crippen LogP contribution < -0.4 is 10.6 Å². The predicted molar refractivity (Wildman–Crippen MR) is 88.6 cm³/mol. The average Bonchev–Trinajstić information content (AvgIpc) is 3.23. The lowest BCUT2D eigenvalue weighted by Crippen LogP contribution is -2.30. The van der Waals surface area contributed by atoms with Gasteiger partial charge in [-0.1, -0.05) is 0 Å². The Morgan fingerprint density at radius 2 is 2.36 bits per heavy atom. The molecular formula is C16H19N3O2S. The van der Waals surface area contributed by atoms with Gasteiger partial charge in [-0.25, -0.2) is 0 Å². The summed E-state index contributed by atoms with van der Waals surface area (Å²) in [6.45, 7) is 2.93. The van der Waals surface area contributed by atoms with Crippen LogP contribution in [0.1, 0.15) is 30.1 Å². The number of ether oxygens (including phenoxy) is 1. The molecule has 116 valence electrons. The van der Waals surface area contributed by atoms with E-state index in [4.69, 9.17) is 4.74 Å². The second-order valence-corrected chi connectivity index (χ2v) is 6.15. The third-order valence-electron chi connectivity index (χ3n) is 3.76. The zero-order valence-electron chi connectivity index (χ0n) is 12.4. The maximum absolute atomic E-state index is 12.2. The number of carbonyl (C=O) groups excluding carboxylic acids is 1. The monoisotopic (exact) mass is 317 g/mol. The van der Waals surface area contributed by atoms with E-state index >= 15 is 0 Å². The Morgan fingerprint density at radius 3 is 3.09 bits per heavy atom. The van der Waals surface area contributed by atoms with Gasteiger partial charge >= 0.3 is 0 Å². The second kappa shape index (κ2) is 6.89. The highest BCUT2D eigenvalue weighted by molar-refractivity contribution is 7.08. The van der Waals surface area contributed by atoms with Crippen molar-refractivity contribution in [2.45, 2.75) is 31.9 Å². The smallest absolute Gasteiger partial charge is 0.256 e. The summed E-state index contributed by atoms with van der Waals surface area (Å²) >= 11 is 1.50. The molecule has 1 fully saturated rings. The SMILES string of the molecule is C[C@H](Nc1ccncc1NC(=O)c1ccsc1)[C@H]1CCCO1. The fourth-order valence-electron chi connectivity index (χ4n) is 2.54. The van der Waals surface area contributed by atoms with Gasteiger partial charge in [0.15, 0.2) is 0 Å². The van der Waals surface area contributed by atoms with Gasteiger partial charge in [-0.3, -0.25) is 9.78 Å². The van der Waals surface area contributed by atoms with Gasteiger partial charge in [0.25, 0.3) is 5.91 Å². The lowest BCUT2D eigenvalue weighted by molar-refractivity contribution is 0.0997. The summed E-state index contributed by atoms with van der Waals surface area (Å²) in [5.74, 6) is -0.123. The molecule has 2 N–H and O–H groups in total. The van der Waals surface area contributed by atoms with Gasteiger partial charge < -0.3 is 15.4 Å². The molecule has 0 spiro atoms. The summed E-state index contributed by atoms with van der Waals surface area (Å²) in [6.07, 6.45) is 5.76. The second-order valence-electron chi connectivity index (χ2n) is 5.37. The molecule has 1 saturated heterocycles.